The zero-order valence-electron chi connectivity index (χ0n) is 19.0. The SMILES string of the molecule is COc1ccc(C(=O)C=Cc2cccnc2Nc2cc(OC)c(OC)c(OC)c2)cc1[N+](=O)[O-]. The number of nitrogens with one attached hydrogen (secondary N) is 1. The van der Waals surface area contributed by atoms with Crippen molar-refractivity contribution in [2.75, 3.05) is 33.8 Å². The molecule has 0 unspecified atom stereocenters. The standard InChI is InChI=1S/C24H23N3O7/c1-31-20-10-8-16(12-18(20)27(29)30)19(28)9-7-15-6-5-11-25-24(15)26-17-13-21(32-2)23(34-4)22(14-17)33-3/h5-14H,1-4H3,(H,25,26). The van der Waals surface area contributed by atoms with E-state index in [-0.39, 0.29) is 17.0 Å². The molecule has 3 aromatic rings. The maximum Gasteiger partial charge on any atom is 0.311 e. The molecule has 1 N–H and O–H groups in total. The molecule has 10 nitrogen and oxygen atoms in total. The summed E-state index contributed by atoms with van der Waals surface area (Å²) in [5, 5.41) is 14.4. The van der Waals surface area contributed by atoms with Crippen LogP contribution in [-0.2, 0) is 0 Å². The quantitative estimate of drug-likeness (QED) is 0.197. The van der Waals surface area contributed by atoms with Crippen molar-refractivity contribution in [3.05, 3.63) is 76.0 Å². The summed E-state index contributed by atoms with van der Waals surface area (Å²) in [5.74, 6) is 1.53. The molecule has 0 saturated carbocycles. The highest BCUT2D eigenvalue weighted by molar-refractivity contribution is 6.07. The molecule has 0 saturated heterocycles. The van der Waals surface area contributed by atoms with Crippen LogP contribution in [0.4, 0.5) is 17.2 Å². The lowest BCUT2D eigenvalue weighted by molar-refractivity contribution is -0.385. The van der Waals surface area contributed by atoms with Crippen LogP contribution >= 0.6 is 0 Å². The van der Waals surface area contributed by atoms with E-state index >= 15 is 0 Å². The third-order valence-corrected chi connectivity index (χ3v) is 4.84. The fourth-order valence-corrected chi connectivity index (χ4v) is 3.19. The van der Waals surface area contributed by atoms with E-state index < -0.39 is 10.7 Å². The minimum atomic E-state index is -0.597. The molecule has 0 bridgehead atoms. The van der Waals surface area contributed by atoms with Gasteiger partial charge in [-0.1, -0.05) is 0 Å². The van der Waals surface area contributed by atoms with Crippen molar-refractivity contribution < 1.29 is 28.7 Å². The molecular formula is C24H23N3O7. The number of ketones is 1. The van der Waals surface area contributed by atoms with E-state index in [0.29, 0.717) is 34.3 Å². The van der Waals surface area contributed by atoms with Gasteiger partial charge < -0.3 is 24.3 Å². The molecule has 1 heterocycles. The van der Waals surface area contributed by atoms with Crippen molar-refractivity contribution in [1.82, 2.24) is 4.98 Å². The summed E-state index contributed by atoms with van der Waals surface area (Å²) >= 11 is 0. The molecule has 10 heteroatoms. The molecule has 0 aliphatic rings. The molecule has 0 fully saturated rings. The topological polar surface area (TPSA) is 122 Å². The number of nitrogens with zero attached hydrogens (tertiary/aromatic N) is 2. The molecule has 176 valence electrons. The highest BCUT2D eigenvalue weighted by Gasteiger charge is 2.17. The molecule has 0 amide bonds. The molecular weight excluding hydrogens is 442 g/mol. The van der Waals surface area contributed by atoms with Gasteiger partial charge in [0.25, 0.3) is 0 Å². The van der Waals surface area contributed by atoms with E-state index in [1.54, 1.807) is 36.5 Å². The van der Waals surface area contributed by atoms with Crippen molar-refractivity contribution in [2.24, 2.45) is 0 Å². The van der Waals surface area contributed by atoms with Gasteiger partial charge in [0.15, 0.2) is 23.0 Å². The number of pyridine rings is 1. The molecule has 0 atom stereocenters. The average Bonchev–Trinajstić information content (AvgIpc) is 2.86. The number of methoxy groups -OCH3 is 4. The largest absolute Gasteiger partial charge is 0.493 e. The molecule has 0 aliphatic carbocycles. The molecule has 0 spiro atoms. The van der Waals surface area contributed by atoms with E-state index in [1.807, 2.05) is 0 Å². The minimum absolute atomic E-state index is 0.0784. The lowest BCUT2D eigenvalue weighted by Crippen LogP contribution is -2.01. The molecule has 2 aromatic carbocycles. The first-order valence-electron chi connectivity index (χ1n) is 9.98. The highest BCUT2D eigenvalue weighted by atomic mass is 16.6. The zero-order chi connectivity index (χ0) is 24.7. The van der Waals surface area contributed by atoms with Gasteiger partial charge in [0, 0.05) is 41.2 Å². The van der Waals surface area contributed by atoms with E-state index in [9.17, 15) is 14.9 Å². The lowest BCUT2D eigenvalue weighted by Gasteiger charge is -2.15. The Morgan fingerprint density at radius 2 is 1.65 bits per heavy atom. The summed E-state index contributed by atoms with van der Waals surface area (Å²) in [6, 6.07) is 11.0. The number of anilines is 2. The summed E-state index contributed by atoms with van der Waals surface area (Å²) in [6.07, 6.45) is 4.50. The second kappa shape index (κ2) is 10.8. The van der Waals surface area contributed by atoms with Crippen molar-refractivity contribution in [2.45, 2.75) is 0 Å². The van der Waals surface area contributed by atoms with Crippen LogP contribution in [0.2, 0.25) is 0 Å². The van der Waals surface area contributed by atoms with Crippen molar-refractivity contribution >= 4 is 29.1 Å². The Labute approximate surface area is 195 Å². The first-order valence-corrected chi connectivity index (χ1v) is 9.98. The summed E-state index contributed by atoms with van der Waals surface area (Å²) in [7, 11) is 5.88. The summed E-state index contributed by atoms with van der Waals surface area (Å²) < 4.78 is 21.1. The van der Waals surface area contributed by atoms with Gasteiger partial charge in [0.2, 0.25) is 5.75 Å². The number of rotatable bonds is 10. The van der Waals surface area contributed by atoms with E-state index in [0.717, 1.165) is 0 Å². The van der Waals surface area contributed by atoms with Gasteiger partial charge in [-0.05, 0) is 36.4 Å². The van der Waals surface area contributed by atoms with Gasteiger partial charge >= 0.3 is 5.69 Å². The van der Waals surface area contributed by atoms with Crippen LogP contribution in [-0.4, -0.2) is 44.1 Å². The summed E-state index contributed by atoms with van der Waals surface area (Å²) in [6.45, 7) is 0. The Hall–Kier alpha value is -4.60. The van der Waals surface area contributed by atoms with Crippen molar-refractivity contribution in [3.8, 4) is 23.0 Å². The second-order valence-electron chi connectivity index (χ2n) is 6.82. The number of hydrogen-bond donors (Lipinski definition) is 1. The van der Waals surface area contributed by atoms with Crippen LogP contribution in [0.15, 0.2) is 54.7 Å². The normalized spacial score (nSPS) is 10.6. The smallest absolute Gasteiger partial charge is 0.311 e. The first kappa shape index (κ1) is 24.1. The number of ether oxygens (including phenoxy) is 4. The highest BCUT2D eigenvalue weighted by Crippen LogP contribution is 2.40. The Bertz CT molecular complexity index is 1220. The first-order chi connectivity index (χ1) is 16.4. The van der Waals surface area contributed by atoms with E-state index in [1.165, 1.54) is 52.7 Å². The van der Waals surface area contributed by atoms with Gasteiger partial charge in [-0.25, -0.2) is 4.98 Å². The van der Waals surface area contributed by atoms with Crippen molar-refractivity contribution in [1.29, 1.82) is 0 Å². The second-order valence-corrected chi connectivity index (χ2v) is 6.82. The van der Waals surface area contributed by atoms with Crippen LogP contribution in [0.25, 0.3) is 6.08 Å². The predicted molar refractivity (Wildman–Crippen MR) is 127 cm³/mol. The maximum atomic E-state index is 12.7. The Morgan fingerprint density at radius 1 is 0.971 bits per heavy atom. The summed E-state index contributed by atoms with van der Waals surface area (Å²) in [4.78, 5) is 27.6. The Morgan fingerprint density at radius 3 is 2.24 bits per heavy atom. The predicted octanol–water partition coefficient (Wildman–Crippen LogP) is 4.66. The molecule has 0 radical (unpaired) electrons. The maximum absolute atomic E-state index is 12.7. The monoisotopic (exact) mass is 465 g/mol. The van der Waals surface area contributed by atoms with Gasteiger partial charge in [0.1, 0.15) is 5.82 Å². The molecule has 0 aliphatic heterocycles. The van der Waals surface area contributed by atoms with Crippen LogP contribution < -0.4 is 24.3 Å². The number of allylic oxidation sites excluding steroid dienone is 1. The average molecular weight is 465 g/mol. The number of nitro groups is 1. The third kappa shape index (κ3) is 5.23. The fraction of sp³-hybridized carbons (Fsp3) is 0.167. The van der Waals surface area contributed by atoms with Gasteiger partial charge in [-0.2, -0.15) is 0 Å². The third-order valence-electron chi connectivity index (χ3n) is 4.84. The summed E-state index contributed by atoms with van der Waals surface area (Å²) in [5.41, 5.74) is 1.12. The number of benzene rings is 2. The van der Waals surface area contributed by atoms with Gasteiger partial charge in [-0.15, -0.1) is 0 Å². The Kier molecular flexibility index (Phi) is 7.65. The van der Waals surface area contributed by atoms with E-state index in [2.05, 4.69) is 10.3 Å². The van der Waals surface area contributed by atoms with E-state index in [4.69, 9.17) is 18.9 Å². The number of carbonyl (C=O) groups excluding carboxylic acids is 1. The minimum Gasteiger partial charge on any atom is -0.493 e. The van der Waals surface area contributed by atoms with Crippen LogP contribution in [0, 0.1) is 10.1 Å². The number of hydrogen-bond acceptors (Lipinski definition) is 9. The molecule has 3 rings (SSSR count). The number of aromatic nitrogens is 1. The Balaban J connectivity index is 1.89. The number of carbonyl (C=O) groups is 1. The van der Waals surface area contributed by atoms with Gasteiger partial charge in [0.05, 0.1) is 33.4 Å². The zero-order valence-corrected chi connectivity index (χ0v) is 19.0. The fourth-order valence-electron chi connectivity index (χ4n) is 3.19. The lowest BCUT2D eigenvalue weighted by atomic mass is 10.1. The van der Waals surface area contributed by atoms with Crippen molar-refractivity contribution in [3.63, 3.8) is 0 Å². The number of nitro benzene ring substituents is 1. The van der Waals surface area contributed by atoms with Crippen LogP contribution in [0.3, 0.4) is 0 Å². The van der Waals surface area contributed by atoms with Crippen LogP contribution in [0.5, 0.6) is 23.0 Å². The molecule has 34 heavy (non-hydrogen) atoms. The van der Waals surface area contributed by atoms with Gasteiger partial charge in [-0.3, -0.25) is 14.9 Å². The van der Waals surface area contributed by atoms with Crippen LogP contribution in [0.1, 0.15) is 15.9 Å². The molecule has 1 aromatic heterocycles.